The quantitative estimate of drug-likeness (QED) is 0.332. The number of carbonyl (C=O) groups excluding carboxylic acids is 1. The topological polar surface area (TPSA) is 67.8 Å². The normalized spacial score (nSPS) is 10.7. The van der Waals surface area contributed by atoms with Crippen molar-refractivity contribution in [2.75, 3.05) is 5.75 Å². The van der Waals surface area contributed by atoms with E-state index in [0.717, 1.165) is 22.4 Å². The third-order valence-corrected chi connectivity index (χ3v) is 6.01. The van der Waals surface area contributed by atoms with Gasteiger partial charge < -0.3 is 5.32 Å². The SMILES string of the molecule is O=C(CSc1nnc(-c2ccccc2)c(-c2ccccc2)n1)NCc1ccc(Cl)cc1Cl. The average Bonchev–Trinajstić information content (AvgIpc) is 2.83. The van der Waals surface area contributed by atoms with Gasteiger partial charge in [0.05, 0.1) is 5.75 Å². The highest BCUT2D eigenvalue weighted by Crippen LogP contribution is 2.29. The van der Waals surface area contributed by atoms with Crippen molar-refractivity contribution in [3.05, 3.63) is 94.5 Å². The Bertz CT molecular complexity index is 1220. The van der Waals surface area contributed by atoms with Gasteiger partial charge in [0.1, 0.15) is 11.4 Å². The molecule has 0 aliphatic rings. The van der Waals surface area contributed by atoms with Gasteiger partial charge in [0.15, 0.2) is 0 Å². The fraction of sp³-hybridized carbons (Fsp3) is 0.0833. The van der Waals surface area contributed by atoms with Crippen LogP contribution in [0.5, 0.6) is 0 Å². The van der Waals surface area contributed by atoms with Gasteiger partial charge >= 0.3 is 0 Å². The summed E-state index contributed by atoms with van der Waals surface area (Å²) in [6.45, 7) is 0.316. The molecule has 1 heterocycles. The standard InChI is InChI=1S/C24H18Cl2N4OS/c25-19-12-11-18(20(26)13-19)14-27-21(31)15-32-24-28-22(16-7-3-1-4-8-16)23(29-30-24)17-9-5-2-6-10-17/h1-13H,14-15H2,(H,27,31). The van der Waals surface area contributed by atoms with Gasteiger partial charge in [-0.05, 0) is 17.7 Å². The third-order valence-electron chi connectivity index (χ3n) is 4.59. The number of carbonyl (C=O) groups is 1. The summed E-state index contributed by atoms with van der Waals surface area (Å²) in [5.41, 5.74) is 4.09. The molecule has 4 rings (SSSR count). The van der Waals surface area contributed by atoms with Crippen molar-refractivity contribution in [3.63, 3.8) is 0 Å². The number of nitrogens with zero attached hydrogens (tertiary/aromatic N) is 3. The summed E-state index contributed by atoms with van der Waals surface area (Å²) in [5, 5.41) is 13.0. The van der Waals surface area contributed by atoms with Crippen LogP contribution < -0.4 is 5.32 Å². The van der Waals surface area contributed by atoms with E-state index in [1.807, 2.05) is 60.7 Å². The van der Waals surface area contributed by atoms with Crippen LogP contribution in [-0.2, 0) is 11.3 Å². The molecular formula is C24H18Cl2N4OS. The zero-order chi connectivity index (χ0) is 22.3. The fourth-order valence-corrected chi connectivity index (χ4v) is 4.09. The molecule has 160 valence electrons. The van der Waals surface area contributed by atoms with Crippen molar-refractivity contribution < 1.29 is 4.79 Å². The second-order valence-electron chi connectivity index (χ2n) is 6.82. The van der Waals surface area contributed by atoms with Gasteiger partial charge in [-0.1, -0.05) is 102 Å². The van der Waals surface area contributed by atoms with E-state index < -0.39 is 0 Å². The van der Waals surface area contributed by atoms with Crippen molar-refractivity contribution in [2.45, 2.75) is 11.7 Å². The Morgan fingerprint density at radius 3 is 2.16 bits per heavy atom. The molecule has 5 nitrogen and oxygen atoms in total. The number of aromatic nitrogens is 3. The number of halogens is 2. The predicted molar refractivity (Wildman–Crippen MR) is 130 cm³/mol. The van der Waals surface area contributed by atoms with Crippen molar-refractivity contribution >= 4 is 40.9 Å². The van der Waals surface area contributed by atoms with Gasteiger partial charge in [-0.2, -0.15) is 0 Å². The minimum absolute atomic E-state index is 0.155. The van der Waals surface area contributed by atoms with E-state index in [4.69, 9.17) is 28.2 Å². The van der Waals surface area contributed by atoms with E-state index in [1.54, 1.807) is 18.2 Å². The highest BCUT2D eigenvalue weighted by molar-refractivity contribution is 7.99. The Morgan fingerprint density at radius 2 is 1.50 bits per heavy atom. The van der Waals surface area contributed by atoms with Gasteiger partial charge in [0.25, 0.3) is 0 Å². The molecule has 1 N–H and O–H groups in total. The lowest BCUT2D eigenvalue weighted by Gasteiger charge is -2.10. The number of hydrogen-bond donors (Lipinski definition) is 1. The van der Waals surface area contributed by atoms with E-state index >= 15 is 0 Å². The van der Waals surface area contributed by atoms with Crippen LogP contribution in [0.3, 0.4) is 0 Å². The lowest BCUT2D eigenvalue weighted by Crippen LogP contribution is -2.24. The molecule has 1 aromatic heterocycles. The average molecular weight is 481 g/mol. The molecule has 0 spiro atoms. The van der Waals surface area contributed by atoms with Gasteiger partial charge in [0, 0.05) is 27.7 Å². The van der Waals surface area contributed by atoms with Crippen molar-refractivity contribution in [2.24, 2.45) is 0 Å². The molecule has 0 radical (unpaired) electrons. The zero-order valence-electron chi connectivity index (χ0n) is 16.8. The van der Waals surface area contributed by atoms with E-state index in [2.05, 4.69) is 15.5 Å². The molecule has 0 unspecified atom stereocenters. The monoisotopic (exact) mass is 480 g/mol. The third kappa shape index (κ3) is 5.65. The Kier molecular flexibility index (Phi) is 7.37. The number of benzene rings is 3. The van der Waals surface area contributed by atoms with Crippen molar-refractivity contribution in [3.8, 4) is 22.5 Å². The summed E-state index contributed by atoms with van der Waals surface area (Å²) in [6, 6.07) is 24.8. The summed E-state index contributed by atoms with van der Waals surface area (Å²) in [7, 11) is 0. The number of thioether (sulfide) groups is 1. The highest BCUT2D eigenvalue weighted by Gasteiger charge is 2.14. The maximum absolute atomic E-state index is 12.3. The number of amides is 1. The first-order chi connectivity index (χ1) is 15.6. The van der Waals surface area contributed by atoms with Crippen LogP contribution in [0.25, 0.3) is 22.5 Å². The van der Waals surface area contributed by atoms with E-state index in [1.165, 1.54) is 11.8 Å². The molecule has 0 aliphatic carbocycles. The van der Waals surface area contributed by atoms with E-state index in [9.17, 15) is 4.79 Å². The maximum atomic E-state index is 12.3. The van der Waals surface area contributed by atoms with Crippen molar-refractivity contribution in [1.82, 2.24) is 20.5 Å². The Morgan fingerprint density at radius 1 is 0.844 bits per heavy atom. The minimum Gasteiger partial charge on any atom is -0.351 e. The van der Waals surface area contributed by atoms with Crippen LogP contribution in [0.4, 0.5) is 0 Å². The molecule has 4 aromatic rings. The molecule has 0 atom stereocenters. The summed E-state index contributed by atoms with van der Waals surface area (Å²) in [4.78, 5) is 17.0. The van der Waals surface area contributed by atoms with Crippen molar-refractivity contribution in [1.29, 1.82) is 0 Å². The molecule has 0 saturated carbocycles. The van der Waals surface area contributed by atoms with Gasteiger partial charge in [-0.15, -0.1) is 10.2 Å². The highest BCUT2D eigenvalue weighted by atomic mass is 35.5. The Balaban J connectivity index is 1.47. The number of rotatable bonds is 7. The molecule has 0 aliphatic heterocycles. The summed E-state index contributed by atoms with van der Waals surface area (Å²) in [6.07, 6.45) is 0. The first-order valence-electron chi connectivity index (χ1n) is 9.79. The number of nitrogens with one attached hydrogen (secondary N) is 1. The van der Waals surface area contributed by atoms with Gasteiger partial charge in [-0.25, -0.2) is 4.98 Å². The lowest BCUT2D eigenvalue weighted by molar-refractivity contribution is -0.118. The fourth-order valence-electron chi connectivity index (χ4n) is 3.00. The van der Waals surface area contributed by atoms with Crippen LogP contribution >= 0.6 is 35.0 Å². The second-order valence-corrected chi connectivity index (χ2v) is 8.61. The molecule has 0 bridgehead atoms. The summed E-state index contributed by atoms with van der Waals surface area (Å²) >= 11 is 13.3. The lowest BCUT2D eigenvalue weighted by atomic mass is 10.0. The Labute approximate surface area is 200 Å². The summed E-state index contributed by atoms with van der Waals surface area (Å²) in [5.74, 6) is 0.00392. The molecule has 0 fully saturated rings. The maximum Gasteiger partial charge on any atom is 0.230 e. The smallest absolute Gasteiger partial charge is 0.230 e. The molecule has 3 aromatic carbocycles. The van der Waals surface area contributed by atoms with E-state index in [0.29, 0.717) is 27.4 Å². The molecule has 32 heavy (non-hydrogen) atoms. The number of hydrogen-bond acceptors (Lipinski definition) is 5. The van der Waals surface area contributed by atoms with Gasteiger partial charge in [0.2, 0.25) is 11.1 Å². The van der Waals surface area contributed by atoms with Crippen LogP contribution in [0, 0.1) is 0 Å². The van der Waals surface area contributed by atoms with Crippen LogP contribution in [0.1, 0.15) is 5.56 Å². The van der Waals surface area contributed by atoms with E-state index in [-0.39, 0.29) is 11.7 Å². The Hall–Kier alpha value is -2.93. The minimum atomic E-state index is -0.155. The second kappa shape index (κ2) is 10.6. The first kappa shape index (κ1) is 22.3. The predicted octanol–water partition coefficient (Wildman–Crippen LogP) is 5.92. The zero-order valence-corrected chi connectivity index (χ0v) is 19.2. The van der Waals surface area contributed by atoms with Crippen LogP contribution in [0.15, 0.2) is 84.0 Å². The van der Waals surface area contributed by atoms with Gasteiger partial charge in [-0.3, -0.25) is 4.79 Å². The summed E-state index contributed by atoms with van der Waals surface area (Å²) < 4.78 is 0. The molecule has 8 heteroatoms. The molecule has 1 amide bonds. The van der Waals surface area contributed by atoms with Crippen LogP contribution in [-0.4, -0.2) is 26.8 Å². The molecule has 0 saturated heterocycles. The van der Waals surface area contributed by atoms with Crippen LogP contribution in [0.2, 0.25) is 10.0 Å². The molecular weight excluding hydrogens is 463 g/mol. The first-order valence-corrected chi connectivity index (χ1v) is 11.5. The largest absolute Gasteiger partial charge is 0.351 e.